The highest BCUT2D eigenvalue weighted by molar-refractivity contribution is 7.72. The molecule has 0 aliphatic heterocycles. The third-order valence-corrected chi connectivity index (χ3v) is 2.27. The van der Waals surface area contributed by atoms with Gasteiger partial charge in [0.1, 0.15) is 10.7 Å². The van der Waals surface area contributed by atoms with E-state index in [0.717, 1.165) is 6.42 Å². The number of hydrogen-bond acceptors (Lipinski definition) is 2. The van der Waals surface area contributed by atoms with Gasteiger partial charge in [0.25, 0.3) is 0 Å². The lowest BCUT2D eigenvalue weighted by Crippen LogP contribution is -1.91. The Kier molecular flexibility index (Phi) is 3.80. The van der Waals surface area contributed by atoms with E-state index in [1.165, 1.54) is 5.56 Å². The number of benzene rings is 1. The Balaban J connectivity index is 2.34. The maximum Gasteiger partial charge on any atom is 0.140 e. The molecule has 0 fully saturated rings. The van der Waals surface area contributed by atoms with E-state index in [1.807, 2.05) is 24.3 Å². The zero-order valence-corrected chi connectivity index (χ0v) is 7.59. The first kappa shape index (κ1) is 9.26. The second-order valence-electron chi connectivity index (χ2n) is 2.57. The maximum atomic E-state index is 10.2. The van der Waals surface area contributed by atoms with Crippen LogP contribution in [0.1, 0.15) is 12.0 Å². The molecule has 0 saturated carbocycles. The molecule has 0 atom stereocenters. The van der Waals surface area contributed by atoms with Crippen LogP contribution in [0.3, 0.4) is 0 Å². The second-order valence-corrected chi connectivity index (χ2v) is 3.68. The molecule has 0 aliphatic carbocycles. The standard InChI is InChI=1S/C9H11O2S/c10-12(11)8-4-7-9-5-2-1-3-6-9/h2-3,5-6,12H,4,7-8H2. The maximum absolute atomic E-state index is 10.2. The van der Waals surface area contributed by atoms with E-state index < -0.39 is 10.7 Å². The summed E-state index contributed by atoms with van der Waals surface area (Å²) >= 11 is 0. The Hall–Kier alpha value is -0.830. The minimum atomic E-state index is -2.20. The SMILES string of the molecule is O=[SH](=O)CCCc1cc[c]cc1. The zero-order valence-electron chi connectivity index (χ0n) is 6.69. The summed E-state index contributed by atoms with van der Waals surface area (Å²) < 4.78 is 20.4. The van der Waals surface area contributed by atoms with Crippen LogP contribution in [0.25, 0.3) is 0 Å². The van der Waals surface area contributed by atoms with Gasteiger partial charge in [-0.2, -0.15) is 0 Å². The van der Waals surface area contributed by atoms with Crippen molar-refractivity contribution in [3.63, 3.8) is 0 Å². The van der Waals surface area contributed by atoms with Gasteiger partial charge in [-0.05, 0) is 24.5 Å². The lowest BCUT2D eigenvalue weighted by molar-refractivity contribution is 0.612. The number of rotatable bonds is 4. The van der Waals surface area contributed by atoms with Gasteiger partial charge in [0.05, 0.1) is 0 Å². The summed E-state index contributed by atoms with van der Waals surface area (Å²) in [7, 11) is -2.20. The Morgan fingerprint density at radius 1 is 1.25 bits per heavy atom. The van der Waals surface area contributed by atoms with Gasteiger partial charge in [-0.15, -0.1) is 0 Å². The minimum absolute atomic E-state index is 0.286. The molecule has 0 spiro atoms. The zero-order chi connectivity index (χ0) is 8.81. The second kappa shape index (κ2) is 4.93. The average molecular weight is 183 g/mol. The van der Waals surface area contributed by atoms with Crippen molar-refractivity contribution in [3.05, 3.63) is 35.9 Å². The van der Waals surface area contributed by atoms with E-state index in [1.54, 1.807) is 0 Å². The van der Waals surface area contributed by atoms with E-state index in [9.17, 15) is 8.42 Å². The van der Waals surface area contributed by atoms with Crippen molar-refractivity contribution in [1.29, 1.82) is 0 Å². The molecule has 0 N–H and O–H groups in total. The number of aryl methyl sites for hydroxylation is 1. The van der Waals surface area contributed by atoms with Crippen molar-refractivity contribution in [3.8, 4) is 0 Å². The molecular weight excluding hydrogens is 172 g/mol. The van der Waals surface area contributed by atoms with Gasteiger partial charge in [0.2, 0.25) is 0 Å². The summed E-state index contributed by atoms with van der Waals surface area (Å²) in [6.45, 7) is 0. The fraction of sp³-hybridized carbons (Fsp3) is 0.333. The monoisotopic (exact) mass is 183 g/mol. The fourth-order valence-corrected chi connectivity index (χ4v) is 1.42. The van der Waals surface area contributed by atoms with Gasteiger partial charge >= 0.3 is 0 Å². The first-order valence-corrected chi connectivity index (χ1v) is 5.22. The molecule has 2 nitrogen and oxygen atoms in total. The smallest absolute Gasteiger partial charge is 0.140 e. The van der Waals surface area contributed by atoms with Gasteiger partial charge in [0, 0.05) is 5.75 Å². The summed E-state index contributed by atoms with van der Waals surface area (Å²) in [5.41, 5.74) is 1.17. The molecule has 0 bridgehead atoms. The molecule has 0 saturated heterocycles. The van der Waals surface area contributed by atoms with Crippen LogP contribution in [0.5, 0.6) is 0 Å². The average Bonchev–Trinajstić information content (AvgIpc) is 2.05. The quantitative estimate of drug-likeness (QED) is 0.707. The van der Waals surface area contributed by atoms with Gasteiger partial charge in [-0.3, -0.25) is 0 Å². The van der Waals surface area contributed by atoms with Crippen molar-refractivity contribution in [1.82, 2.24) is 0 Å². The minimum Gasteiger partial charge on any atom is -0.232 e. The van der Waals surface area contributed by atoms with Gasteiger partial charge in [-0.25, -0.2) is 8.42 Å². The Morgan fingerprint density at radius 2 is 1.92 bits per heavy atom. The molecule has 12 heavy (non-hydrogen) atoms. The molecule has 1 aromatic rings. The van der Waals surface area contributed by atoms with Crippen LogP contribution in [0.15, 0.2) is 24.3 Å². The van der Waals surface area contributed by atoms with E-state index in [4.69, 9.17) is 0 Å². The molecule has 65 valence electrons. The molecular formula is C9H11O2S. The summed E-state index contributed by atoms with van der Waals surface area (Å²) in [5.74, 6) is 0.286. The topological polar surface area (TPSA) is 34.1 Å². The van der Waals surface area contributed by atoms with E-state index >= 15 is 0 Å². The molecule has 1 aromatic carbocycles. The summed E-state index contributed by atoms with van der Waals surface area (Å²) in [5, 5.41) is 0. The van der Waals surface area contributed by atoms with Crippen LogP contribution in [-0.2, 0) is 17.1 Å². The van der Waals surface area contributed by atoms with Crippen LogP contribution in [0, 0.1) is 6.07 Å². The third-order valence-electron chi connectivity index (χ3n) is 1.59. The molecule has 1 rings (SSSR count). The largest absolute Gasteiger partial charge is 0.232 e. The van der Waals surface area contributed by atoms with E-state index in [-0.39, 0.29) is 5.75 Å². The van der Waals surface area contributed by atoms with Gasteiger partial charge < -0.3 is 0 Å². The van der Waals surface area contributed by atoms with Crippen LogP contribution in [0.2, 0.25) is 0 Å². The highest BCUT2D eigenvalue weighted by Crippen LogP contribution is 2.01. The summed E-state index contributed by atoms with van der Waals surface area (Å²) in [6.07, 6.45) is 1.54. The molecule has 3 heteroatoms. The van der Waals surface area contributed by atoms with Crippen molar-refractivity contribution in [2.24, 2.45) is 0 Å². The first-order chi connectivity index (χ1) is 5.79. The van der Waals surface area contributed by atoms with E-state index in [0.29, 0.717) is 6.42 Å². The molecule has 0 heterocycles. The number of thiol groups is 1. The fourth-order valence-electron chi connectivity index (χ4n) is 1.00. The number of hydrogen-bond donors (Lipinski definition) is 1. The molecule has 0 amide bonds. The van der Waals surface area contributed by atoms with Crippen LogP contribution >= 0.6 is 0 Å². The van der Waals surface area contributed by atoms with Crippen molar-refractivity contribution in [2.45, 2.75) is 12.8 Å². The summed E-state index contributed by atoms with van der Waals surface area (Å²) in [6, 6.07) is 10.5. The Labute approximate surface area is 74.2 Å². The molecule has 0 aromatic heterocycles. The Bertz CT molecular complexity index is 283. The van der Waals surface area contributed by atoms with Crippen molar-refractivity contribution >= 4 is 10.7 Å². The predicted octanol–water partition coefficient (Wildman–Crippen LogP) is 1.03. The third kappa shape index (κ3) is 3.53. The van der Waals surface area contributed by atoms with Gasteiger partial charge in [-0.1, -0.05) is 24.3 Å². The summed E-state index contributed by atoms with van der Waals surface area (Å²) in [4.78, 5) is 0. The normalized spacial score (nSPS) is 10.4. The van der Waals surface area contributed by atoms with Crippen LogP contribution < -0.4 is 0 Å². The van der Waals surface area contributed by atoms with E-state index in [2.05, 4.69) is 6.07 Å². The lowest BCUT2D eigenvalue weighted by Gasteiger charge is -1.96. The molecule has 0 aliphatic rings. The van der Waals surface area contributed by atoms with Crippen LogP contribution in [-0.4, -0.2) is 14.2 Å². The lowest BCUT2D eigenvalue weighted by atomic mass is 10.1. The predicted molar refractivity (Wildman–Crippen MR) is 48.8 cm³/mol. The molecule has 0 unspecified atom stereocenters. The van der Waals surface area contributed by atoms with Crippen LogP contribution in [0.4, 0.5) is 0 Å². The molecule has 1 radical (unpaired) electrons. The highest BCUT2D eigenvalue weighted by atomic mass is 32.2. The van der Waals surface area contributed by atoms with Crippen molar-refractivity contribution in [2.75, 3.05) is 5.75 Å². The first-order valence-electron chi connectivity index (χ1n) is 3.86. The Morgan fingerprint density at radius 3 is 2.50 bits per heavy atom. The highest BCUT2D eigenvalue weighted by Gasteiger charge is 1.92. The van der Waals surface area contributed by atoms with Crippen molar-refractivity contribution < 1.29 is 8.42 Å². The van der Waals surface area contributed by atoms with Gasteiger partial charge in [0.15, 0.2) is 0 Å².